The number of halogens is 1. The predicted octanol–water partition coefficient (Wildman–Crippen LogP) is 4.17. The van der Waals surface area contributed by atoms with E-state index in [1.54, 1.807) is 13.0 Å². The maximum absolute atomic E-state index is 13.2. The molecule has 0 saturated heterocycles. The van der Waals surface area contributed by atoms with Crippen molar-refractivity contribution in [3.05, 3.63) is 41.2 Å². The first-order valence-corrected chi connectivity index (χ1v) is 6.64. The van der Waals surface area contributed by atoms with Crippen molar-refractivity contribution >= 4 is 5.57 Å². The minimum absolute atomic E-state index is 0.134. The van der Waals surface area contributed by atoms with Crippen LogP contribution in [0.4, 0.5) is 4.39 Å². The second-order valence-corrected chi connectivity index (χ2v) is 5.24. The molecule has 18 heavy (non-hydrogen) atoms. The van der Waals surface area contributed by atoms with Crippen molar-refractivity contribution in [3.8, 4) is 0 Å². The third-order valence-corrected chi connectivity index (χ3v) is 2.94. The Morgan fingerprint density at radius 2 is 2.11 bits per heavy atom. The van der Waals surface area contributed by atoms with Gasteiger partial charge in [0.1, 0.15) is 5.82 Å². The summed E-state index contributed by atoms with van der Waals surface area (Å²) in [6.45, 7) is 10.3. The molecular formula is C16H24FN. The van der Waals surface area contributed by atoms with Crippen molar-refractivity contribution in [2.24, 2.45) is 5.92 Å². The van der Waals surface area contributed by atoms with Crippen LogP contribution in [0.2, 0.25) is 0 Å². The Bertz CT molecular complexity index is 408. The number of allylic oxidation sites excluding steroid dienone is 1. The minimum Gasteiger partial charge on any atom is -0.316 e. The maximum Gasteiger partial charge on any atom is 0.126 e. The zero-order valence-electron chi connectivity index (χ0n) is 11.9. The molecule has 100 valence electrons. The summed E-state index contributed by atoms with van der Waals surface area (Å²) in [6.07, 6.45) is 3.22. The molecule has 0 aliphatic heterocycles. The van der Waals surface area contributed by atoms with Gasteiger partial charge in [0.2, 0.25) is 0 Å². The molecule has 0 heterocycles. The van der Waals surface area contributed by atoms with E-state index in [2.05, 4.69) is 32.2 Å². The smallest absolute Gasteiger partial charge is 0.126 e. The number of hydrogen-bond donors (Lipinski definition) is 1. The van der Waals surface area contributed by atoms with Crippen LogP contribution in [0, 0.1) is 18.7 Å². The Balaban J connectivity index is 2.47. The van der Waals surface area contributed by atoms with Crippen molar-refractivity contribution in [2.45, 2.75) is 34.1 Å². The molecule has 1 nitrogen and oxygen atoms in total. The lowest BCUT2D eigenvalue weighted by Crippen LogP contribution is -2.20. The zero-order chi connectivity index (χ0) is 13.5. The Morgan fingerprint density at radius 3 is 2.72 bits per heavy atom. The lowest BCUT2D eigenvalue weighted by molar-refractivity contribution is 0.557. The molecule has 0 amide bonds. The van der Waals surface area contributed by atoms with E-state index in [1.807, 2.05) is 12.1 Å². The second-order valence-electron chi connectivity index (χ2n) is 5.24. The average Bonchev–Trinajstić information content (AvgIpc) is 2.31. The highest BCUT2D eigenvalue weighted by Crippen LogP contribution is 2.17. The first kappa shape index (κ1) is 14.9. The van der Waals surface area contributed by atoms with Gasteiger partial charge in [0.15, 0.2) is 0 Å². The van der Waals surface area contributed by atoms with Crippen LogP contribution in [0.15, 0.2) is 24.3 Å². The summed E-state index contributed by atoms with van der Waals surface area (Å²) in [5, 5.41) is 3.41. The summed E-state index contributed by atoms with van der Waals surface area (Å²) in [5.74, 6) is 0.556. The maximum atomic E-state index is 13.2. The van der Waals surface area contributed by atoms with Crippen LogP contribution in [0.25, 0.3) is 5.57 Å². The van der Waals surface area contributed by atoms with Crippen molar-refractivity contribution in [3.63, 3.8) is 0 Å². The van der Waals surface area contributed by atoms with E-state index < -0.39 is 0 Å². The summed E-state index contributed by atoms with van der Waals surface area (Å²) < 4.78 is 13.2. The molecule has 1 rings (SSSR count). The summed E-state index contributed by atoms with van der Waals surface area (Å²) in [6, 6.07) is 5.29. The quantitative estimate of drug-likeness (QED) is 0.746. The first-order valence-electron chi connectivity index (χ1n) is 6.64. The van der Waals surface area contributed by atoms with Crippen LogP contribution in [0.5, 0.6) is 0 Å². The van der Waals surface area contributed by atoms with Crippen molar-refractivity contribution < 1.29 is 4.39 Å². The van der Waals surface area contributed by atoms with E-state index in [4.69, 9.17) is 0 Å². The summed E-state index contributed by atoms with van der Waals surface area (Å²) in [7, 11) is 0. The van der Waals surface area contributed by atoms with Crippen molar-refractivity contribution in [1.29, 1.82) is 0 Å². The molecule has 0 spiro atoms. The molecule has 0 unspecified atom stereocenters. The molecule has 1 aromatic rings. The standard InChI is InChI=1S/C16H24FN/c1-12(2)11-18-9-5-6-13(3)15-7-8-16(17)14(4)10-15/h6-8,10,12,18H,5,9,11H2,1-4H3. The molecular weight excluding hydrogens is 225 g/mol. The topological polar surface area (TPSA) is 12.0 Å². The highest BCUT2D eigenvalue weighted by Gasteiger charge is 2.00. The van der Waals surface area contributed by atoms with Gasteiger partial charge in [-0.1, -0.05) is 26.0 Å². The van der Waals surface area contributed by atoms with Gasteiger partial charge in [-0.15, -0.1) is 0 Å². The zero-order valence-corrected chi connectivity index (χ0v) is 11.9. The van der Waals surface area contributed by atoms with E-state index in [-0.39, 0.29) is 5.82 Å². The molecule has 1 N–H and O–H groups in total. The second kappa shape index (κ2) is 7.32. The van der Waals surface area contributed by atoms with Gasteiger partial charge in [-0.2, -0.15) is 0 Å². The molecule has 0 atom stereocenters. The van der Waals surface area contributed by atoms with Crippen molar-refractivity contribution in [2.75, 3.05) is 13.1 Å². The molecule has 0 aliphatic carbocycles. The molecule has 0 aromatic heterocycles. The van der Waals surface area contributed by atoms with Crippen LogP contribution >= 0.6 is 0 Å². The molecule has 0 fully saturated rings. The lowest BCUT2D eigenvalue weighted by Gasteiger charge is -2.07. The molecule has 1 aromatic carbocycles. The third-order valence-electron chi connectivity index (χ3n) is 2.94. The number of rotatable bonds is 6. The third kappa shape index (κ3) is 5.01. The van der Waals surface area contributed by atoms with Gasteiger partial charge in [-0.25, -0.2) is 4.39 Å². The van der Waals surface area contributed by atoms with Crippen LogP contribution in [-0.2, 0) is 0 Å². The summed E-state index contributed by atoms with van der Waals surface area (Å²) in [4.78, 5) is 0. The minimum atomic E-state index is -0.134. The highest BCUT2D eigenvalue weighted by molar-refractivity contribution is 5.64. The van der Waals surface area contributed by atoms with Crippen LogP contribution < -0.4 is 5.32 Å². The van der Waals surface area contributed by atoms with Crippen LogP contribution in [-0.4, -0.2) is 13.1 Å². The fraction of sp³-hybridized carbons (Fsp3) is 0.500. The molecule has 0 aliphatic rings. The number of nitrogens with one attached hydrogen (secondary N) is 1. The Labute approximate surface area is 110 Å². The van der Waals surface area contributed by atoms with E-state index >= 15 is 0 Å². The van der Waals surface area contributed by atoms with Gasteiger partial charge < -0.3 is 5.32 Å². The van der Waals surface area contributed by atoms with Gasteiger partial charge >= 0.3 is 0 Å². The summed E-state index contributed by atoms with van der Waals surface area (Å²) >= 11 is 0. The van der Waals surface area contributed by atoms with Gasteiger partial charge in [-0.05, 0) is 68.1 Å². The van der Waals surface area contributed by atoms with Crippen LogP contribution in [0.3, 0.4) is 0 Å². The largest absolute Gasteiger partial charge is 0.316 e. The highest BCUT2D eigenvalue weighted by atomic mass is 19.1. The molecule has 2 heteroatoms. The van der Waals surface area contributed by atoms with Gasteiger partial charge in [0, 0.05) is 0 Å². The average molecular weight is 249 g/mol. The van der Waals surface area contributed by atoms with Gasteiger partial charge in [0.05, 0.1) is 0 Å². The Kier molecular flexibility index (Phi) is 6.06. The lowest BCUT2D eigenvalue weighted by atomic mass is 10.0. The van der Waals surface area contributed by atoms with E-state index in [9.17, 15) is 4.39 Å². The van der Waals surface area contributed by atoms with Gasteiger partial charge in [-0.3, -0.25) is 0 Å². The van der Waals surface area contributed by atoms with Gasteiger partial charge in [0.25, 0.3) is 0 Å². The first-order chi connectivity index (χ1) is 8.50. The van der Waals surface area contributed by atoms with Crippen molar-refractivity contribution in [1.82, 2.24) is 5.32 Å². The number of benzene rings is 1. The Hall–Kier alpha value is -1.15. The van der Waals surface area contributed by atoms with E-state index in [0.29, 0.717) is 11.5 Å². The number of hydrogen-bond acceptors (Lipinski definition) is 1. The Morgan fingerprint density at radius 1 is 1.39 bits per heavy atom. The molecule has 0 radical (unpaired) electrons. The van der Waals surface area contributed by atoms with E-state index in [1.165, 1.54) is 5.57 Å². The SMILES string of the molecule is CC(=CCCNCC(C)C)c1ccc(F)c(C)c1. The number of aryl methyl sites for hydroxylation is 1. The monoisotopic (exact) mass is 249 g/mol. The normalized spacial score (nSPS) is 12.2. The van der Waals surface area contributed by atoms with E-state index in [0.717, 1.165) is 25.1 Å². The molecule has 0 bridgehead atoms. The summed E-state index contributed by atoms with van der Waals surface area (Å²) in [5.41, 5.74) is 3.03. The fourth-order valence-electron chi connectivity index (χ4n) is 1.79. The van der Waals surface area contributed by atoms with Crippen LogP contribution in [0.1, 0.15) is 38.3 Å². The molecule has 0 saturated carbocycles. The predicted molar refractivity (Wildman–Crippen MR) is 77.1 cm³/mol. The fourth-order valence-corrected chi connectivity index (χ4v) is 1.79.